The summed E-state index contributed by atoms with van der Waals surface area (Å²) >= 11 is 0. The summed E-state index contributed by atoms with van der Waals surface area (Å²) in [5.74, 6) is -1.06. The monoisotopic (exact) mass is 587 g/mol. The van der Waals surface area contributed by atoms with E-state index >= 15 is 0 Å². The van der Waals surface area contributed by atoms with Gasteiger partial charge in [-0.05, 0) is 62.9 Å². The summed E-state index contributed by atoms with van der Waals surface area (Å²) in [6, 6.07) is 14.5. The Hall–Kier alpha value is -6.06. The molecule has 0 unspecified atom stereocenters. The lowest BCUT2D eigenvalue weighted by Crippen LogP contribution is -1.91. The first kappa shape index (κ1) is 15.6. The molecule has 0 aliphatic heterocycles. The van der Waals surface area contributed by atoms with Gasteiger partial charge in [-0.3, -0.25) is 4.98 Å². The fraction of sp³-hybridized carbons (Fsp3) is 0. The predicted octanol–water partition coefficient (Wildman–Crippen LogP) is 11.4. The Kier molecular flexibility index (Phi) is 3.57. The third-order valence-corrected chi connectivity index (χ3v) is 7.79. The van der Waals surface area contributed by atoms with Crippen LogP contribution in [-0.2, 0) is 0 Å². The first-order chi connectivity index (χ1) is 27.7. The Morgan fingerprint density at radius 2 is 1.22 bits per heavy atom. The van der Waals surface area contributed by atoms with Crippen LogP contribution < -0.4 is 0 Å². The van der Waals surface area contributed by atoms with Crippen LogP contribution in [0.25, 0.3) is 88.4 Å². The van der Waals surface area contributed by atoms with Crippen LogP contribution in [0.3, 0.4) is 0 Å². The molecule has 210 valence electrons. The number of hydrogen-bond acceptors (Lipinski definition) is 3. The minimum atomic E-state index is -0.702. The molecule has 0 spiro atoms. The van der Waals surface area contributed by atoms with Gasteiger partial charge in [-0.1, -0.05) is 121 Å². The number of hydrogen-bond donors (Lipinski definition) is 0. The molecule has 0 fully saturated rings. The van der Waals surface area contributed by atoms with Crippen molar-refractivity contribution in [1.82, 2.24) is 9.97 Å². The van der Waals surface area contributed by atoms with Crippen molar-refractivity contribution in [2.24, 2.45) is 0 Å². The van der Waals surface area contributed by atoms with Crippen molar-refractivity contribution in [2.75, 3.05) is 0 Å². The van der Waals surface area contributed by atoms with E-state index in [-0.39, 0.29) is 21.9 Å². The number of furan rings is 1. The number of benzene rings is 6. The lowest BCUT2D eigenvalue weighted by atomic mass is 9.92. The van der Waals surface area contributed by atoms with Crippen LogP contribution in [-0.4, -0.2) is 9.97 Å². The van der Waals surface area contributed by atoms with Crippen molar-refractivity contribution < 1.29 is 22.2 Å². The van der Waals surface area contributed by atoms with E-state index in [1.807, 2.05) is 54.6 Å². The molecular formula is C42H26N2O. The van der Waals surface area contributed by atoms with E-state index in [1.165, 1.54) is 0 Å². The average Bonchev–Trinajstić information content (AvgIpc) is 3.52. The second-order valence-electron chi connectivity index (χ2n) is 10.4. The highest BCUT2D eigenvalue weighted by Gasteiger charge is 2.14. The SMILES string of the molecule is [2H]c1c(-c2c([2H])c([2H])c([2H])c(-c3ccc(-c4ccc5ccc6cccnc6c5n4)c4ccccc34)c2[2H])oc(-c2c([2H])c([2H])c([2H])c3c([2H])c([2H])c([2H])c([2H])c23)c1[2H]. The molecule has 0 atom stereocenters. The van der Waals surface area contributed by atoms with Gasteiger partial charge in [-0.2, -0.15) is 0 Å². The molecule has 0 aliphatic carbocycles. The Bertz CT molecular complexity index is 3280. The Balaban J connectivity index is 1.27. The van der Waals surface area contributed by atoms with Crippen molar-refractivity contribution >= 4 is 43.4 Å². The van der Waals surface area contributed by atoms with Gasteiger partial charge in [-0.25, -0.2) is 4.98 Å². The molecule has 0 radical (unpaired) electrons. The third-order valence-electron chi connectivity index (χ3n) is 7.79. The molecule has 9 rings (SSSR count). The highest BCUT2D eigenvalue weighted by molar-refractivity contribution is 6.07. The lowest BCUT2D eigenvalue weighted by molar-refractivity contribution is 0.598. The first-order valence-electron chi connectivity index (χ1n) is 20.6. The summed E-state index contributed by atoms with van der Waals surface area (Å²) in [7, 11) is 0. The van der Waals surface area contributed by atoms with Crippen LogP contribution in [0.2, 0.25) is 0 Å². The maximum Gasteiger partial charge on any atom is 0.135 e. The molecule has 0 N–H and O–H groups in total. The summed E-state index contributed by atoms with van der Waals surface area (Å²) < 4.78 is 119. The van der Waals surface area contributed by atoms with Crippen LogP contribution in [0.1, 0.15) is 17.8 Å². The fourth-order valence-electron chi connectivity index (χ4n) is 5.68. The highest BCUT2D eigenvalue weighted by atomic mass is 16.3. The molecule has 9 aromatic rings. The first-order valence-corrected chi connectivity index (χ1v) is 14.1. The van der Waals surface area contributed by atoms with Crippen molar-refractivity contribution in [1.29, 1.82) is 0 Å². The zero-order valence-corrected chi connectivity index (χ0v) is 23.3. The zero-order valence-electron chi connectivity index (χ0n) is 36.3. The molecule has 45 heavy (non-hydrogen) atoms. The summed E-state index contributed by atoms with van der Waals surface area (Å²) in [6.45, 7) is 0. The van der Waals surface area contributed by atoms with Crippen molar-refractivity contribution in [3.63, 3.8) is 0 Å². The molecule has 3 nitrogen and oxygen atoms in total. The normalized spacial score (nSPS) is 15.6. The highest BCUT2D eigenvalue weighted by Crippen LogP contribution is 2.38. The molecule has 3 aromatic heterocycles. The van der Waals surface area contributed by atoms with Crippen molar-refractivity contribution in [3.8, 4) is 45.0 Å². The number of aromatic nitrogens is 2. The quantitative estimate of drug-likeness (QED) is 0.192. The molecule has 6 aromatic carbocycles. The van der Waals surface area contributed by atoms with E-state index in [0.717, 1.165) is 32.8 Å². The molecular weight excluding hydrogens is 548 g/mol. The van der Waals surface area contributed by atoms with Gasteiger partial charge in [0.25, 0.3) is 0 Å². The molecule has 0 saturated heterocycles. The number of rotatable bonds is 4. The van der Waals surface area contributed by atoms with Gasteiger partial charge in [0.2, 0.25) is 0 Å². The zero-order chi connectivity index (χ0) is 41.1. The van der Waals surface area contributed by atoms with Crippen molar-refractivity contribution in [2.45, 2.75) is 0 Å². The fourth-order valence-corrected chi connectivity index (χ4v) is 5.68. The standard InChI is InChI=1S/C42H26N2O/c1-2-13-32-27(8-1)9-6-16-37(32)40-24-23-39(45-40)31-11-5-10-30(26-31)33-20-21-36(35-15-4-3-14-34(33)35)38-22-19-29-18-17-28-12-7-25-43-41(28)42(29)44-38/h1-26H/i1D,2D,5D,6D,8D,9D,10D,11D,13D,16D,23D,24D,26D. The molecule has 0 bridgehead atoms. The van der Waals surface area contributed by atoms with Gasteiger partial charge >= 0.3 is 0 Å². The summed E-state index contributed by atoms with van der Waals surface area (Å²) in [4.78, 5) is 9.59. The lowest BCUT2D eigenvalue weighted by Gasteiger charge is -2.13. The van der Waals surface area contributed by atoms with E-state index in [0.29, 0.717) is 16.6 Å². The van der Waals surface area contributed by atoms with E-state index in [9.17, 15) is 1.37 Å². The minimum Gasteiger partial charge on any atom is -0.456 e. The average molecular weight is 588 g/mol. The maximum absolute atomic E-state index is 9.45. The van der Waals surface area contributed by atoms with Gasteiger partial charge in [0.15, 0.2) is 0 Å². The Labute approximate surface area is 278 Å². The van der Waals surface area contributed by atoms with Crippen LogP contribution >= 0.6 is 0 Å². The second kappa shape index (κ2) is 10.3. The van der Waals surface area contributed by atoms with Gasteiger partial charge in [0.1, 0.15) is 11.5 Å². The van der Waals surface area contributed by atoms with Crippen LogP contribution in [0.5, 0.6) is 0 Å². The number of nitrogens with zero attached hydrogens (tertiary/aromatic N) is 2. The molecule has 0 saturated carbocycles. The van der Waals surface area contributed by atoms with Gasteiger partial charge in [-0.15, -0.1) is 0 Å². The van der Waals surface area contributed by atoms with Gasteiger partial charge in [0, 0.05) is 33.7 Å². The summed E-state index contributed by atoms with van der Waals surface area (Å²) in [5.41, 5.74) is 2.40. The maximum atomic E-state index is 9.45. The topological polar surface area (TPSA) is 38.9 Å². The van der Waals surface area contributed by atoms with Crippen LogP contribution in [0.15, 0.2) is 162 Å². The van der Waals surface area contributed by atoms with Crippen LogP contribution in [0, 0.1) is 0 Å². The van der Waals surface area contributed by atoms with Crippen LogP contribution in [0.4, 0.5) is 0 Å². The Morgan fingerprint density at radius 3 is 2.16 bits per heavy atom. The van der Waals surface area contributed by atoms with Gasteiger partial charge in [0.05, 0.1) is 34.5 Å². The molecule has 3 heterocycles. The number of fused-ring (bicyclic) bond motifs is 5. The molecule has 0 amide bonds. The second-order valence-corrected chi connectivity index (χ2v) is 10.4. The number of pyridine rings is 2. The third kappa shape index (κ3) is 4.29. The summed E-state index contributed by atoms with van der Waals surface area (Å²) in [5, 5.41) is 2.45. The smallest absolute Gasteiger partial charge is 0.135 e. The molecule has 0 aliphatic rings. The largest absolute Gasteiger partial charge is 0.456 e. The van der Waals surface area contributed by atoms with Crippen molar-refractivity contribution in [3.05, 3.63) is 158 Å². The van der Waals surface area contributed by atoms with E-state index < -0.39 is 95.6 Å². The summed E-state index contributed by atoms with van der Waals surface area (Å²) in [6.07, 6.45) is 1.72. The van der Waals surface area contributed by atoms with Gasteiger partial charge < -0.3 is 4.42 Å². The minimum absolute atomic E-state index is 0.0444. The van der Waals surface area contributed by atoms with E-state index in [1.54, 1.807) is 24.4 Å². The Morgan fingerprint density at radius 1 is 0.489 bits per heavy atom. The molecule has 3 heteroatoms. The predicted molar refractivity (Wildman–Crippen MR) is 186 cm³/mol. The van der Waals surface area contributed by atoms with E-state index in [4.69, 9.17) is 25.9 Å². The van der Waals surface area contributed by atoms with E-state index in [2.05, 4.69) is 4.98 Å².